The van der Waals surface area contributed by atoms with Crippen LogP contribution in [0.1, 0.15) is 27.2 Å². The Balaban J connectivity index is 3.29. The Morgan fingerprint density at radius 1 is 1.38 bits per heavy atom. The lowest BCUT2D eigenvalue weighted by Gasteiger charge is -2.16. The molecule has 0 radical (unpaired) electrons. The largest absolute Gasteiger partial charge is 0.396 e. The molecule has 13 heavy (non-hydrogen) atoms. The SMILES string of the molecule is CCOCC(C)NCC(C)CCO. The zero-order valence-corrected chi connectivity index (χ0v) is 9.05. The lowest BCUT2D eigenvalue weighted by molar-refractivity contribution is 0.125. The second-order valence-electron chi connectivity index (χ2n) is 3.59. The maximum atomic E-state index is 8.69. The van der Waals surface area contributed by atoms with Crippen LogP contribution in [-0.2, 0) is 4.74 Å². The molecule has 2 atom stereocenters. The molecule has 0 aliphatic carbocycles. The smallest absolute Gasteiger partial charge is 0.0616 e. The molecule has 0 aliphatic heterocycles. The molecule has 0 aliphatic rings. The van der Waals surface area contributed by atoms with E-state index in [9.17, 15) is 0 Å². The van der Waals surface area contributed by atoms with E-state index in [2.05, 4.69) is 19.2 Å². The number of aliphatic hydroxyl groups excluding tert-OH is 1. The minimum atomic E-state index is 0.280. The van der Waals surface area contributed by atoms with E-state index in [1.54, 1.807) is 0 Å². The van der Waals surface area contributed by atoms with Crippen LogP contribution < -0.4 is 5.32 Å². The number of rotatable bonds is 8. The number of ether oxygens (including phenoxy) is 1. The fraction of sp³-hybridized carbons (Fsp3) is 1.00. The zero-order chi connectivity index (χ0) is 10.1. The van der Waals surface area contributed by atoms with E-state index in [0.29, 0.717) is 12.0 Å². The summed E-state index contributed by atoms with van der Waals surface area (Å²) in [6, 6.07) is 0.404. The maximum absolute atomic E-state index is 8.69. The molecule has 0 aromatic heterocycles. The van der Waals surface area contributed by atoms with Crippen LogP contribution >= 0.6 is 0 Å². The summed E-state index contributed by atoms with van der Waals surface area (Å²) >= 11 is 0. The van der Waals surface area contributed by atoms with Crippen molar-refractivity contribution in [3.05, 3.63) is 0 Å². The van der Waals surface area contributed by atoms with E-state index < -0.39 is 0 Å². The van der Waals surface area contributed by atoms with Crippen molar-refractivity contribution < 1.29 is 9.84 Å². The predicted molar refractivity (Wildman–Crippen MR) is 54.8 cm³/mol. The molecule has 2 N–H and O–H groups in total. The second-order valence-corrected chi connectivity index (χ2v) is 3.59. The molecule has 0 heterocycles. The van der Waals surface area contributed by atoms with Crippen molar-refractivity contribution in [1.82, 2.24) is 5.32 Å². The molecule has 3 heteroatoms. The highest BCUT2D eigenvalue weighted by Gasteiger charge is 2.04. The zero-order valence-electron chi connectivity index (χ0n) is 9.05. The monoisotopic (exact) mass is 189 g/mol. The average Bonchev–Trinajstić information content (AvgIpc) is 2.12. The molecule has 0 saturated carbocycles. The highest BCUT2D eigenvalue weighted by atomic mass is 16.5. The van der Waals surface area contributed by atoms with Crippen molar-refractivity contribution in [2.24, 2.45) is 5.92 Å². The summed E-state index contributed by atoms with van der Waals surface area (Å²) in [5.41, 5.74) is 0. The summed E-state index contributed by atoms with van der Waals surface area (Å²) in [7, 11) is 0. The van der Waals surface area contributed by atoms with Crippen LogP contribution in [-0.4, -0.2) is 37.5 Å². The highest BCUT2D eigenvalue weighted by molar-refractivity contribution is 4.62. The molecule has 0 bridgehead atoms. The Morgan fingerprint density at radius 2 is 2.08 bits per heavy atom. The fourth-order valence-corrected chi connectivity index (χ4v) is 1.08. The summed E-state index contributed by atoms with van der Waals surface area (Å²) in [4.78, 5) is 0. The fourth-order valence-electron chi connectivity index (χ4n) is 1.08. The summed E-state index contributed by atoms with van der Waals surface area (Å²) in [6.07, 6.45) is 0.869. The highest BCUT2D eigenvalue weighted by Crippen LogP contribution is 1.98. The molecular formula is C10H23NO2. The van der Waals surface area contributed by atoms with Crippen LogP contribution in [0.25, 0.3) is 0 Å². The lowest BCUT2D eigenvalue weighted by Crippen LogP contribution is -2.34. The summed E-state index contributed by atoms with van der Waals surface area (Å²) in [5.74, 6) is 0.536. The van der Waals surface area contributed by atoms with Gasteiger partial charge >= 0.3 is 0 Å². The van der Waals surface area contributed by atoms with Crippen LogP contribution in [0, 0.1) is 5.92 Å². The first-order chi connectivity index (χ1) is 6.20. The first-order valence-corrected chi connectivity index (χ1v) is 5.12. The van der Waals surface area contributed by atoms with Gasteiger partial charge in [0.05, 0.1) is 6.61 Å². The molecule has 80 valence electrons. The van der Waals surface area contributed by atoms with E-state index in [1.807, 2.05) is 6.92 Å². The minimum Gasteiger partial charge on any atom is -0.396 e. The minimum absolute atomic E-state index is 0.280. The second kappa shape index (κ2) is 8.48. The standard InChI is InChI=1S/C10H23NO2/c1-4-13-8-10(3)11-7-9(2)5-6-12/h9-12H,4-8H2,1-3H3. The molecule has 0 amide bonds. The third kappa shape index (κ3) is 8.22. The number of aliphatic hydroxyl groups is 1. The number of hydrogen-bond acceptors (Lipinski definition) is 3. The number of nitrogens with one attached hydrogen (secondary N) is 1. The Bertz CT molecular complexity index is 109. The predicted octanol–water partition coefficient (Wildman–Crippen LogP) is 1.02. The first kappa shape index (κ1) is 12.9. The van der Waals surface area contributed by atoms with Crippen LogP contribution in [0.4, 0.5) is 0 Å². The molecule has 2 unspecified atom stereocenters. The maximum Gasteiger partial charge on any atom is 0.0616 e. The normalized spacial score (nSPS) is 15.7. The van der Waals surface area contributed by atoms with Crippen LogP contribution in [0.3, 0.4) is 0 Å². The van der Waals surface area contributed by atoms with Crippen LogP contribution in [0.2, 0.25) is 0 Å². The topological polar surface area (TPSA) is 41.5 Å². The van der Waals surface area contributed by atoms with Crippen molar-refractivity contribution in [2.75, 3.05) is 26.4 Å². The molecule has 0 aromatic carbocycles. The van der Waals surface area contributed by atoms with Crippen molar-refractivity contribution in [1.29, 1.82) is 0 Å². The first-order valence-electron chi connectivity index (χ1n) is 5.12. The van der Waals surface area contributed by atoms with Gasteiger partial charge in [0.2, 0.25) is 0 Å². The van der Waals surface area contributed by atoms with Gasteiger partial charge in [0.15, 0.2) is 0 Å². The molecule has 0 spiro atoms. The quantitative estimate of drug-likeness (QED) is 0.599. The van der Waals surface area contributed by atoms with Gasteiger partial charge < -0.3 is 15.2 Å². The van der Waals surface area contributed by atoms with Crippen molar-refractivity contribution in [3.8, 4) is 0 Å². The van der Waals surface area contributed by atoms with Crippen LogP contribution in [0.5, 0.6) is 0 Å². The van der Waals surface area contributed by atoms with Crippen LogP contribution in [0.15, 0.2) is 0 Å². The van der Waals surface area contributed by atoms with Gasteiger partial charge in [-0.15, -0.1) is 0 Å². The van der Waals surface area contributed by atoms with Gasteiger partial charge in [0, 0.05) is 19.3 Å². The Hall–Kier alpha value is -0.120. The molecule has 0 fully saturated rings. The molecule has 0 saturated heterocycles. The lowest BCUT2D eigenvalue weighted by atomic mass is 10.1. The molecule has 3 nitrogen and oxygen atoms in total. The van der Waals surface area contributed by atoms with Gasteiger partial charge in [0.25, 0.3) is 0 Å². The van der Waals surface area contributed by atoms with Gasteiger partial charge in [-0.3, -0.25) is 0 Å². The van der Waals surface area contributed by atoms with E-state index >= 15 is 0 Å². The van der Waals surface area contributed by atoms with Crippen molar-refractivity contribution >= 4 is 0 Å². The third-order valence-corrected chi connectivity index (χ3v) is 2.01. The third-order valence-electron chi connectivity index (χ3n) is 2.01. The van der Waals surface area contributed by atoms with Gasteiger partial charge in [-0.1, -0.05) is 6.92 Å². The molecule has 0 rings (SSSR count). The Labute approximate surface area is 81.5 Å². The molecule has 0 aromatic rings. The van der Waals surface area contributed by atoms with Gasteiger partial charge in [-0.2, -0.15) is 0 Å². The van der Waals surface area contributed by atoms with E-state index in [-0.39, 0.29) is 6.61 Å². The van der Waals surface area contributed by atoms with Gasteiger partial charge in [-0.05, 0) is 32.7 Å². The average molecular weight is 189 g/mol. The van der Waals surface area contributed by atoms with E-state index in [0.717, 1.165) is 26.2 Å². The summed E-state index contributed by atoms with van der Waals surface area (Å²) in [6.45, 7) is 9.02. The van der Waals surface area contributed by atoms with Gasteiger partial charge in [-0.25, -0.2) is 0 Å². The van der Waals surface area contributed by atoms with Crippen molar-refractivity contribution in [2.45, 2.75) is 33.2 Å². The Kier molecular flexibility index (Phi) is 8.40. The van der Waals surface area contributed by atoms with E-state index in [1.165, 1.54) is 0 Å². The summed E-state index contributed by atoms with van der Waals surface area (Å²) < 4.78 is 5.28. The van der Waals surface area contributed by atoms with Gasteiger partial charge in [0.1, 0.15) is 0 Å². The van der Waals surface area contributed by atoms with E-state index in [4.69, 9.17) is 9.84 Å². The Morgan fingerprint density at radius 3 is 2.62 bits per heavy atom. The number of hydrogen-bond donors (Lipinski definition) is 2. The summed E-state index contributed by atoms with van der Waals surface area (Å²) in [5, 5.41) is 12.1. The molecular weight excluding hydrogens is 166 g/mol. The van der Waals surface area contributed by atoms with Crippen molar-refractivity contribution in [3.63, 3.8) is 0 Å².